The van der Waals surface area contributed by atoms with Crippen LogP contribution in [-0.4, -0.2) is 11.0 Å². The van der Waals surface area contributed by atoms with Crippen LogP contribution in [0.25, 0.3) is 10.9 Å². The third-order valence-corrected chi connectivity index (χ3v) is 3.36. The average molecular weight is 278 g/mol. The summed E-state index contributed by atoms with van der Waals surface area (Å²) >= 11 is 6.30. The molecule has 0 bridgehead atoms. The monoisotopic (exact) mass is 277 g/mol. The molecule has 0 amide bonds. The van der Waals surface area contributed by atoms with Gasteiger partial charge in [0.15, 0.2) is 5.75 Å². The van der Waals surface area contributed by atoms with Gasteiger partial charge in [-0.1, -0.05) is 50.6 Å². The Bertz CT molecular complexity index is 623. The fourth-order valence-corrected chi connectivity index (χ4v) is 2.17. The van der Waals surface area contributed by atoms with Gasteiger partial charge in [0.05, 0.1) is 16.7 Å². The van der Waals surface area contributed by atoms with Crippen LogP contribution in [-0.2, 0) is 4.79 Å². The molecular weight excluding hydrogens is 262 g/mol. The maximum Gasteiger partial charge on any atom is 0.311 e. The molecule has 0 aliphatic carbocycles. The van der Waals surface area contributed by atoms with Gasteiger partial charge in [-0.05, 0) is 11.5 Å². The molecule has 0 aliphatic heterocycles. The van der Waals surface area contributed by atoms with Crippen LogP contribution >= 0.6 is 11.6 Å². The van der Waals surface area contributed by atoms with Crippen molar-refractivity contribution in [3.05, 3.63) is 35.0 Å². The molecule has 4 heteroatoms. The van der Waals surface area contributed by atoms with Gasteiger partial charge in [0.25, 0.3) is 0 Å². The molecular formula is C15H16ClNO2. The molecule has 2 rings (SSSR count). The topological polar surface area (TPSA) is 39.2 Å². The Morgan fingerprint density at radius 3 is 2.79 bits per heavy atom. The summed E-state index contributed by atoms with van der Waals surface area (Å²) < 4.78 is 5.17. The standard InChI is InChI=1S/C15H16ClNO2/c1-4-13(18)19-12-8-17-15-10(9(2)3)6-5-7-11(15)14(12)16/h5-9H,4H2,1-3H3. The molecule has 2 aromatic rings. The van der Waals surface area contributed by atoms with E-state index in [0.717, 1.165) is 16.5 Å². The van der Waals surface area contributed by atoms with Crippen LogP contribution in [0, 0.1) is 0 Å². The number of nitrogens with zero attached hydrogens (tertiary/aromatic N) is 1. The van der Waals surface area contributed by atoms with Crippen molar-refractivity contribution >= 4 is 28.5 Å². The Kier molecular flexibility index (Phi) is 4.05. The van der Waals surface area contributed by atoms with Crippen molar-refractivity contribution in [2.24, 2.45) is 0 Å². The van der Waals surface area contributed by atoms with Crippen LogP contribution in [0.4, 0.5) is 0 Å². The molecule has 1 heterocycles. The minimum Gasteiger partial charge on any atom is -0.423 e. The number of rotatable bonds is 3. The van der Waals surface area contributed by atoms with Crippen molar-refractivity contribution in [1.82, 2.24) is 4.98 Å². The lowest BCUT2D eigenvalue weighted by Gasteiger charge is -2.12. The molecule has 0 radical (unpaired) electrons. The van der Waals surface area contributed by atoms with E-state index in [4.69, 9.17) is 16.3 Å². The summed E-state index contributed by atoms with van der Waals surface area (Å²) in [7, 11) is 0. The Morgan fingerprint density at radius 2 is 2.16 bits per heavy atom. The lowest BCUT2D eigenvalue weighted by Crippen LogP contribution is -2.06. The highest BCUT2D eigenvalue weighted by atomic mass is 35.5. The minimum absolute atomic E-state index is 0.306. The maximum atomic E-state index is 11.3. The zero-order valence-corrected chi connectivity index (χ0v) is 12.0. The summed E-state index contributed by atoms with van der Waals surface area (Å²) in [5.41, 5.74) is 1.99. The number of pyridine rings is 1. The molecule has 0 aliphatic rings. The molecule has 0 fully saturated rings. The number of carbonyl (C=O) groups excluding carboxylic acids is 1. The minimum atomic E-state index is -0.317. The van der Waals surface area contributed by atoms with E-state index in [0.29, 0.717) is 23.1 Å². The van der Waals surface area contributed by atoms with Crippen LogP contribution in [0.3, 0.4) is 0 Å². The lowest BCUT2D eigenvalue weighted by molar-refractivity contribution is -0.134. The van der Waals surface area contributed by atoms with E-state index in [1.54, 1.807) is 6.92 Å². The molecule has 0 N–H and O–H groups in total. The van der Waals surface area contributed by atoms with E-state index < -0.39 is 0 Å². The van der Waals surface area contributed by atoms with Crippen LogP contribution in [0.2, 0.25) is 5.02 Å². The van der Waals surface area contributed by atoms with E-state index in [-0.39, 0.29) is 5.97 Å². The molecule has 0 saturated carbocycles. The van der Waals surface area contributed by atoms with E-state index in [1.807, 2.05) is 18.2 Å². The van der Waals surface area contributed by atoms with Crippen LogP contribution in [0.1, 0.15) is 38.7 Å². The maximum absolute atomic E-state index is 11.3. The summed E-state index contributed by atoms with van der Waals surface area (Å²) in [6.07, 6.45) is 1.82. The quantitative estimate of drug-likeness (QED) is 0.784. The molecule has 0 spiro atoms. The zero-order valence-electron chi connectivity index (χ0n) is 11.2. The first-order chi connectivity index (χ1) is 9.04. The second kappa shape index (κ2) is 5.57. The summed E-state index contributed by atoms with van der Waals surface area (Å²) in [5.74, 6) is 0.362. The molecule has 19 heavy (non-hydrogen) atoms. The Hall–Kier alpha value is -1.61. The number of benzene rings is 1. The van der Waals surface area contributed by atoms with Crippen molar-refractivity contribution in [3.63, 3.8) is 0 Å². The second-order valence-corrected chi connectivity index (χ2v) is 5.04. The first-order valence-corrected chi connectivity index (χ1v) is 6.70. The van der Waals surface area contributed by atoms with E-state index in [9.17, 15) is 4.79 Å². The highest BCUT2D eigenvalue weighted by Crippen LogP contribution is 2.34. The number of ether oxygens (including phenoxy) is 1. The predicted octanol–water partition coefficient (Wildman–Crippen LogP) is 4.33. The van der Waals surface area contributed by atoms with Gasteiger partial charge in [-0.2, -0.15) is 0 Å². The summed E-state index contributed by atoms with van der Waals surface area (Å²) in [6.45, 7) is 5.95. The van der Waals surface area contributed by atoms with Gasteiger partial charge in [0.2, 0.25) is 0 Å². The van der Waals surface area contributed by atoms with E-state index in [2.05, 4.69) is 18.8 Å². The number of fused-ring (bicyclic) bond motifs is 1. The third-order valence-electron chi connectivity index (χ3n) is 2.97. The largest absolute Gasteiger partial charge is 0.423 e. The number of para-hydroxylation sites is 1. The van der Waals surface area contributed by atoms with Gasteiger partial charge in [-0.3, -0.25) is 9.78 Å². The fraction of sp³-hybridized carbons (Fsp3) is 0.333. The fourth-order valence-electron chi connectivity index (χ4n) is 1.93. The van der Waals surface area contributed by atoms with Crippen molar-refractivity contribution in [3.8, 4) is 5.75 Å². The highest BCUT2D eigenvalue weighted by Gasteiger charge is 2.14. The van der Waals surface area contributed by atoms with Gasteiger partial charge >= 0.3 is 5.97 Å². The van der Waals surface area contributed by atoms with Gasteiger partial charge in [-0.15, -0.1) is 0 Å². The van der Waals surface area contributed by atoms with Crippen LogP contribution < -0.4 is 4.74 Å². The van der Waals surface area contributed by atoms with Crippen LogP contribution in [0.5, 0.6) is 5.75 Å². The van der Waals surface area contributed by atoms with Crippen molar-refractivity contribution < 1.29 is 9.53 Å². The SMILES string of the molecule is CCC(=O)Oc1cnc2c(C(C)C)cccc2c1Cl. The molecule has 1 aromatic carbocycles. The van der Waals surface area contributed by atoms with E-state index in [1.165, 1.54) is 6.20 Å². The lowest BCUT2D eigenvalue weighted by atomic mass is 10.00. The van der Waals surface area contributed by atoms with Gasteiger partial charge in [0.1, 0.15) is 0 Å². The first kappa shape index (κ1) is 13.8. The van der Waals surface area contributed by atoms with Crippen molar-refractivity contribution in [2.45, 2.75) is 33.1 Å². The molecule has 0 saturated heterocycles. The number of hydrogen-bond donors (Lipinski definition) is 0. The van der Waals surface area contributed by atoms with Crippen molar-refractivity contribution in [1.29, 1.82) is 0 Å². The molecule has 100 valence electrons. The number of carbonyl (C=O) groups is 1. The van der Waals surface area contributed by atoms with Gasteiger partial charge in [-0.25, -0.2) is 0 Å². The molecule has 1 aromatic heterocycles. The van der Waals surface area contributed by atoms with Crippen LogP contribution in [0.15, 0.2) is 24.4 Å². The zero-order chi connectivity index (χ0) is 14.0. The van der Waals surface area contributed by atoms with Gasteiger partial charge in [0, 0.05) is 11.8 Å². The van der Waals surface area contributed by atoms with Gasteiger partial charge < -0.3 is 4.74 Å². The predicted molar refractivity (Wildman–Crippen MR) is 76.8 cm³/mol. The Labute approximate surface area is 117 Å². The number of aromatic nitrogens is 1. The Morgan fingerprint density at radius 1 is 1.42 bits per heavy atom. The summed E-state index contributed by atoms with van der Waals surface area (Å²) in [4.78, 5) is 15.7. The summed E-state index contributed by atoms with van der Waals surface area (Å²) in [5, 5.41) is 1.25. The van der Waals surface area contributed by atoms with Crippen molar-refractivity contribution in [2.75, 3.05) is 0 Å². The average Bonchev–Trinajstić information content (AvgIpc) is 2.41. The highest BCUT2D eigenvalue weighted by molar-refractivity contribution is 6.37. The third kappa shape index (κ3) is 2.71. The normalized spacial score (nSPS) is 11.0. The summed E-state index contributed by atoms with van der Waals surface area (Å²) in [6, 6.07) is 5.87. The molecule has 3 nitrogen and oxygen atoms in total. The van der Waals surface area contributed by atoms with E-state index >= 15 is 0 Å². The molecule has 0 unspecified atom stereocenters. The second-order valence-electron chi connectivity index (χ2n) is 4.66. The molecule has 0 atom stereocenters. The smallest absolute Gasteiger partial charge is 0.311 e. The first-order valence-electron chi connectivity index (χ1n) is 6.32. The number of esters is 1. The number of hydrogen-bond acceptors (Lipinski definition) is 3. The number of halogens is 1. The Balaban J connectivity index is 2.56.